The SMILES string of the molecule is Cc1c(-c2cc3cc(Nc4cc5n(n4)CS(=O)(=O)N(C)C5)ncc3c(Cl)c2F)cncc1N(C(=O)OC(C)(C)C)C(=O)OC(C)(C)C. The highest BCUT2D eigenvalue weighted by Gasteiger charge is 2.35. The van der Waals surface area contributed by atoms with Gasteiger partial charge in [0.15, 0.2) is 11.7 Å². The minimum Gasteiger partial charge on any atom is -0.443 e. The van der Waals surface area contributed by atoms with Crippen molar-refractivity contribution in [2.45, 2.75) is 72.1 Å². The van der Waals surface area contributed by atoms with Crippen LogP contribution in [0.25, 0.3) is 21.9 Å². The standard InChI is InChI=1S/C31H35ClFN7O6S/c1-17-21(12-34-14-23(17)40(28(41)45-30(2,3)4)29(42)46-31(5,6)7)20-9-18-10-24(35-13-22(18)26(32)27(20)33)36-25-11-19-15-38(8)47(43,44)16-39(19)37-25/h9-14H,15-16H2,1-8H3,(H,35,36,37). The third-order valence-corrected chi connectivity index (χ3v) is 9.06. The Labute approximate surface area is 276 Å². The van der Waals surface area contributed by atoms with Gasteiger partial charge in [0.05, 0.1) is 29.1 Å². The molecule has 2 amide bonds. The summed E-state index contributed by atoms with van der Waals surface area (Å²) in [5.41, 5.74) is -0.467. The number of fused-ring (bicyclic) bond motifs is 2. The summed E-state index contributed by atoms with van der Waals surface area (Å²) in [6.45, 7) is 11.8. The molecule has 1 aliphatic rings. The number of imide groups is 1. The van der Waals surface area contributed by atoms with Crippen LogP contribution in [0.3, 0.4) is 0 Å². The Balaban J connectivity index is 1.55. The van der Waals surface area contributed by atoms with Crippen LogP contribution >= 0.6 is 11.6 Å². The zero-order chi connectivity index (χ0) is 34.6. The Morgan fingerprint density at radius 3 is 2.23 bits per heavy atom. The van der Waals surface area contributed by atoms with Gasteiger partial charge in [-0.25, -0.2) is 32.1 Å². The molecule has 4 aromatic rings. The minimum absolute atomic E-state index is 0.0371. The molecule has 5 rings (SSSR count). The molecule has 47 heavy (non-hydrogen) atoms. The van der Waals surface area contributed by atoms with Crippen molar-refractivity contribution in [1.29, 1.82) is 0 Å². The van der Waals surface area contributed by atoms with Crippen molar-refractivity contribution in [2.24, 2.45) is 0 Å². The van der Waals surface area contributed by atoms with Crippen molar-refractivity contribution in [3.05, 3.63) is 58.9 Å². The number of nitrogens with one attached hydrogen (secondary N) is 1. The van der Waals surface area contributed by atoms with E-state index in [0.29, 0.717) is 33.7 Å². The molecule has 0 spiro atoms. The van der Waals surface area contributed by atoms with Crippen LogP contribution in [0.5, 0.6) is 0 Å². The molecule has 250 valence electrons. The fraction of sp³-hybridized carbons (Fsp3) is 0.387. The quantitative estimate of drug-likeness (QED) is 0.244. The first kappa shape index (κ1) is 34.0. The van der Waals surface area contributed by atoms with Crippen molar-refractivity contribution in [3.63, 3.8) is 0 Å². The number of sulfonamides is 1. The second-order valence-corrected chi connectivity index (χ2v) is 15.5. The largest absolute Gasteiger partial charge is 0.443 e. The molecule has 0 aliphatic carbocycles. The Kier molecular flexibility index (Phi) is 8.71. The smallest absolute Gasteiger partial charge is 0.424 e. The van der Waals surface area contributed by atoms with Gasteiger partial charge in [-0.15, -0.1) is 0 Å². The number of halogens is 2. The summed E-state index contributed by atoms with van der Waals surface area (Å²) < 4.78 is 54.1. The predicted octanol–water partition coefficient (Wildman–Crippen LogP) is 6.75. The van der Waals surface area contributed by atoms with E-state index in [1.807, 2.05) is 0 Å². The van der Waals surface area contributed by atoms with E-state index in [1.165, 1.54) is 34.6 Å². The van der Waals surface area contributed by atoms with Crippen molar-refractivity contribution >= 4 is 61.9 Å². The molecule has 1 aliphatic heterocycles. The number of rotatable bonds is 4. The summed E-state index contributed by atoms with van der Waals surface area (Å²) in [6, 6.07) is 4.93. The molecule has 1 N–H and O–H groups in total. The van der Waals surface area contributed by atoms with Crippen molar-refractivity contribution < 1.29 is 31.9 Å². The number of amides is 2. The summed E-state index contributed by atoms with van der Waals surface area (Å²) in [4.78, 5) is 35.9. The maximum absolute atomic E-state index is 15.9. The summed E-state index contributed by atoms with van der Waals surface area (Å²) in [6.07, 6.45) is 2.14. The van der Waals surface area contributed by atoms with Gasteiger partial charge in [0.2, 0.25) is 10.0 Å². The molecule has 0 saturated heterocycles. The first-order valence-electron chi connectivity index (χ1n) is 14.5. The Morgan fingerprint density at radius 2 is 1.62 bits per heavy atom. The summed E-state index contributed by atoms with van der Waals surface area (Å²) in [5, 5.41) is 8.07. The van der Waals surface area contributed by atoms with Gasteiger partial charge in [-0.3, -0.25) is 4.98 Å². The van der Waals surface area contributed by atoms with Gasteiger partial charge in [0.1, 0.15) is 22.8 Å². The molecule has 0 atom stereocenters. The van der Waals surface area contributed by atoms with Crippen LogP contribution in [-0.2, 0) is 31.9 Å². The van der Waals surface area contributed by atoms with Crippen molar-refractivity contribution in [2.75, 3.05) is 17.3 Å². The Morgan fingerprint density at radius 1 is 0.979 bits per heavy atom. The first-order chi connectivity index (χ1) is 21.7. The lowest BCUT2D eigenvalue weighted by Crippen LogP contribution is -2.44. The van der Waals surface area contributed by atoms with Crippen LogP contribution < -0.4 is 10.2 Å². The molecule has 4 heterocycles. The monoisotopic (exact) mass is 687 g/mol. The molecule has 0 bridgehead atoms. The molecular formula is C31H35ClFN7O6S. The van der Waals surface area contributed by atoms with E-state index < -0.39 is 39.2 Å². The summed E-state index contributed by atoms with van der Waals surface area (Å²) >= 11 is 6.51. The van der Waals surface area contributed by atoms with Crippen LogP contribution in [0, 0.1) is 12.7 Å². The average Bonchev–Trinajstić information content (AvgIpc) is 3.29. The minimum atomic E-state index is -3.46. The van der Waals surface area contributed by atoms with E-state index in [1.54, 1.807) is 66.7 Å². The normalized spacial score (nSPS) is 14.9. The number of anilines is 3. The number of nitrogens with zero attached hydrogens (tertiary/aromatic N) is 6. The lowest BCUT2D eigenvalue weighted by atomic mass is 9.98. The molecule has 0 saturated carbocycles. The van der Waals surface area contributed by atoms with E-state index in [9.17, 15) is 18.0 Å². The number of aromatic nitrogens is 4. The van der Waals surface area contributed by atoms with Gasteiger partial charge in [-0.1, -0.05) is 11.6 Å². The van der Waals surface area contributed by atoms with E-state index >= 15 is 4.39 Å². The van der Waals surface area contributed by atoms with Crippen LogP contribution in [-0.4, -0.2) is 62.9 Å². The van der Waals surface area contributed by atoms with E-state index in [-0.39, 0.29) is 34.3 Å². The zero-order valence-electron chi connectivity index (χ0n) is 27.2. The molecule has 13 nitrogen and oxygen atoms in total. The molecule has 1 aromatic carbocycles. The maximum Gasteiger partial charge on any atom is 0.424 e. The maximum atomic E-state index is 15.9. The highest BCUT2D eigenvalue weighted by atomic mass is 35.5. The van der Waals surface area contributed by atoms with E-state index in [2.05, 4.69) is 20.4 Å². The summed E-state index contributed by atoms with van der Waals surface area (Å²) in [7, 11) is -1.96. The van der Waals surface area contributed by atoms with Gasteiger partial charge < -0.3 is 14.8 Å². The average molecular weight is 688 g/mol. The van der Waals surface area contributed by atoms with Gasteiger partial charge in [0, 0.05) is 42.0 Å². The number of ether oxygens (including phenoxy) is 2. The zero-order valence-corrected chi connectivity index (χ0v) is 28.7. The number of carbonyl (C=O) groups is 2. The summed E-state index contributed by atoms with van der Waals surface area (Å²) in [5.74, 6) is -0.308. The van der Waals surface area contributed by atoms with E-state index in [4.69, 9.17) is 21.1 Å². The fourth-order valence-electron chi connectivity index (χ4n) is 4.86. The van der Waals surface area contributed by atoms with E-state index in [0.717, 1.165) is 4.90 Å². The number of benzene rings is 1. The molecule has 3 aromatic heterocycles. The highest BCUT2D eigenvalue weighted by molar-refractivity contribution is 7.88. The molecule has 0 fully saturated rings. The number of pyridine rings is 2. The lowest BCUT2D eigenvalue weighted by Gasteiger charge is -2.29. The second-order valence-electron chi connectivity index (χ2n) is 13.1. The molecule has 16 heteroatoms. The third kappa shape index (κ3) is 7.16. The molecule has 0 radical (unpaired) electrons. The first-order valence-corrected chi connectivity index (χ1v) is 16.5. The third-order valence-electron chi connectivity index (χ3n) is 7.04. The molecular weight excluding hydrogens is 653 g/mol. The van der Waals surface area contributed by atoms with Gasteiger partial charge >= 0.3 is 12.2 Å². The highest BCUT2D eigenvalue weighted by Crippen LogP contribution is 2.39. The number of hydrogen-bond acceptors (Lipinski definition) is 10. The van der Waals surface area contributed by atoms with Crippen molar-refractivity contribution in [1.82, 2.24) is 24.1 Å². The number of carbonyl (C=O) groups excluding carboxylic acids is 2. The topological polar surface area (TPSA) is 149 Å². The fourth-order valence-corrected chi connectivity index (χ4v) is 6.18. The van der Waals surface area contributed by atoms with Crippen LogP contribution in [0.4, 0.5) is 31.3 Å². The lowest BCUT2D eigenvalue weighted by molar-refractivity contribution is 0.0430. The van der Waals surface area contributed by atoms with Gasteiger partial charge in [-0.2, -0.15) is 14.3 Å². The number of hydrogen-bond donors (Lipinski definition) is 1. The Hall–Kier alpha value is -4.34. The van der Waals surface area contributed by atoms with Gasteiger partial charge in [0.25, 0.3) is 0 Å². The van der Waals surface area contributed by atoms with Crippen LogP contribution in [0.15, 0.2) is 36.8 Å². The van der Waals surface area contributed by atoms with Crippen molar-refractivity contribution in [3.8, 4) is 11.1 Å². The predicted molar refractivity (Wildman–Crippen MR) is 176 cm³/mol. The molecule has 0 unspecified atom stereocenters. The van der Waals surface area contributed by atoms with Gasteiger partial charge in [-0.05, 0) is 71.5 Å². The Bertz CT molecular complexity index is 1990. The second kappa shape index (κ2) is 12.0. The van der Waals surface area contributed by atoms with Crippen LogP contribution in [0.2, 0.25) is 5.02 Å². The van der Waals surface area contributed by atoms with Crippen LogP contribution in [0.1, 0.15) is 52.8 Å².